The van der Waals surface area contributed by atoms with Crippen molar-refractivity contribution in [2.75, 3.05) is 26.2 Å². The number of nitrogens with zero attached hydrogens (tertiary/aromatic N) is 1. The molecule has 0 bridgehead atoms. The molecule has 3 N–H and O–H groups in total. The molecule has 0 radical (unpaired) electrons. The number of halogens is 2. The lowest BCUT2D eigenvalue weighted by atomic mass is 9.71. The Hall–Kier alpha value is -0.810. The highest BCUT2D eigenvalue weighted by atomic mass is 35.5. The Morgan fingerprint density at radius 3 is 2.32 bits per heavy atom. The van der Waals surface area contributed by atoms with Crippen LogP contribution >= 0.6 is 24.8 Å². The summed E-state index contributed by atoms with van der Waals surface area (Å²) in [4.78, 5) is 15.1. The molecule has 1 saturated carbocycles. The van der Waals surface area contributed by atoms with Gasteiger partial charge in [0, 0.05) is 32.1 Å². The Morgan fingerprint density at radius 1 is 1.07 bits per heavy atom. The van der Waals surface area contributed by atoms with E-state index in [4.69, 9.17) is 5.73 Å². The fraction of sp³-hybridized carbons (Fsp3) is 0.682. The van der Waals surface area contributed by atoms with E-state index in [1.165, 1.54) is 24.8 Å². The molecule has 3 rings (SSSR count). The maximum atomic E-state index is 12.6. The molecule has 2 fully saturated rings. The van der Waals surface area contributed by atoms with Gasteiger partial charge < -0.3 is 16.0 Å². The zero-order chi connectivity index (χ0) is 18.2. The quantitative estimate of drug-likeness (QED) is 0.689. The largest absolute Gasteiger partial charge is 0.353 e. The molecule has 0 atom stereocenters. The molecule has 0 aromatic heterocycles. The van der Waals surface area contributed by atoms with Crippen molar-refractivity contribution in [3.05, 3.63) is 35.9 Å². The number of rotatable bonds is 7. The lowest BCUT2D eigenvalue weighted by molar-refractivity contribution is -0.124. The zero-order valence-corrected chi connectivity index (χ0v) is 18.5. The van der Waals surface area contributed by atoms with Gasteiger partial charge in [-0.3, -0.25) is 4.79 Å². The summed E-state index contributed by atoms with van der Waals surface area (Å²) >= 11 is 0. The summed E-state index contributed by atoms with van der Waals surface area (Å²) in [7, 11) is 0. The van der Waals surface area contributed by atoms with Crippen LogP contribution in [0.25, 0.3) is 0 Å². The fourth-order valence-electron chi connectivity index (χ4n) is 4.61. The highest BCUT2D eigenvalue weighted by Gasteiger charge is 2.33. The smallest absolute Gasteiger partial charge is 0.220 e. The molecular formula is C22H37Cl2N3O. The Kier molecular flexibility index (Phi) is 11.4. The normalized spacial score (nSPS) is 19.9. The number of carbonyl (C=O) groups is 1. The van der Waals surface area contributed by atoms with Crippen molar-refractivity contribution in [3.63, 3.8) is 0 Å². The van der Waals surface area contributed by atoms with E-state index in [0.717, 1.165) is 51.7 Å². The number of nitrogens with one attached hydrogen (secondary N) is 1. The van der Waals surface area contributed by atoms with Crippen molar-refractivity contribution < 1.29 is 4.79 Å². The third-order valence-electron chi connectivity index (χ3n) is 6.40. The van der Waals surface area contributed by atoms with Crippen LogP contribution in [-0.2, 0) is 11.2 Å². The van der Waals surface area contributed by atoms with Crippen molar-refractivity contribution >= 4 is 30.7 Å². The molecule has 6 heteroatoms. The van der Waals surface area contributed by atoms with Gasteiger partial charge in [-0.05, 0) is 49.6 Å². The second-order valence-corrected chi connectivity index (χ2v) is 8.36. The maximum absolute atomic E-state index is 12.6. The minimum atomic E-state index is 0. The van der Waals surface area contributed by atoms with Gasteiger partial charge in [-0.1, -0.05) is 49.6 Å². The number of nitrogens with two attached hydrogens (primary N) is 1. The molecule has 0 unspecified atom stereocenters. The van der Waals surface area contributed by atoms with Crippen LogP contribution in [0.3, 0.4) is 0 Å². The molecular weight excluding hydrogens is 393 g/mol. The van der Waals surface area contributed by atoms with Crippen LogP contribution < -0.4 is 11.1 Å². The number of hydrogen-bond acceptors (Lipinski definition) is 3. The molecule has 1 aliphatic carbocycles. The molecule has 2 aliphatic rings. The third-order valence-corrected chi connectivity index (χ3v) is 6.40. The van der Waals surface area contributed by atoms with Gasteiger partial charge >= 0.3 is 0 Å². The molecule has 1 amide bonds. The molecule has 0 spiro atoms. The third kappa shape index (κ3) is 7.55. The first-order valence-electron chi connectivity index (χ1n) is 10.4. The van der Waals surface area contributed by atoms with Crippen LogP contribution in [0.15, 0.2) is 30.3 Å². The highest BCUT2D eigenvalue weighted by Crippen LogP contribution is 2.38. The van der Waals surface area contributed by atoms with Crippen molar-refractivity contribution in [1.29, 1.82) is 0 Å². The van der Waals surface area contributed by atoms with E-state index in [9.17, 15) is 4.79 Å². The average Bonchev–Trinajstić information content (AvgIpc) is 2.69. The topological polar surface area (TPSA) is 58.4 Å². The minimum Gasteiger partial charge on any atom is -0.353 e. The molecule has 1 aliphatic heterocycles. The second kappa shape index (κ2) is 12.7. The molecule has 4 nitrogen and oxygen atoms in total. The Morgan fingerprint density at radius 2 is 1.71 bits per heavy atom. The number of amides is 1. The SMILES string of the molecule is Cl.Cl.NCC1(CC(=O)NC2CCN(CCc3ccccc3)CC2)CCCCC1. The summed E-state index contributed by atoms with van der Waals surface area (Å²) in [5.74, 6) is 0.222. The van der Waals surface area contributed by atoms with Crippen molar-refractivity contribution in [1.82, 2.24) is 10.2 Å². The van der Waals surface area contributed by atoms with E-state index >= 15 is 0 Å². The molecule has 160 valence electrons. The van der Waals surface area contributed by atoms with Crippen LogP contribution in [0.5, 0.6) is 0 Å². The second-order valence-electron chi connectivity index (χ2n) is 8.36. The summed E-state index contributed by atoms with van der Waals surface area (Å²) in [6.45, 7) is 3.93. The van der Waals surface area contributed by atoms with Gasteiger partial charge in [-0.15, -0.1) is 24.8 Å². The Bertz CT molecular complexity index is 556. The van der Waals surface area contributed by atoms with Gasteiger partial charge in [0.15, 0.2) is 0 Å². The van der Waals surface area contributed by atoms with Crippen molar-refractivity contribution in [2.45, 2.75) is 63.8 Å². The molecule has 1 aromatic carbocycles. The number of likely N-dealkylation sites (tertiary alicyclic amines) is 1. The van der Waals surface area contributed by atoms with Crippen LogP contribution in [0.2, 0.25) is 0 Å². The lowest BCUT2D eigenvalue weighted by Crippen LogP contribution is -2.47. The van der Waals surface area contributed by atoms with Gasteiger partial charge in [0.05, 0.1) is 0 Å². The van der Waals surface area contributed by atoms with Crippen LogP contribution in [0.1, 0.15) is 56.9 Å². The molecule has 1 heterocycles. The fourth-order valence-corrected chi connectivity index (χ4v) is 4.61. The van der Waals surface area contributed by atoms with Crippen LogP contribution in [-0.4, -0.2) is 43.0 Å². The monoisotopic (exact) mass is 429 g/mol. The Balaban J connectivity index is 0.00000196. The molecule has 28 heavy (non-hydrogen) atoms. The van der Waals surface area contributed by atoms with Crippen LogP contribution in [0.4, 0.5) is 0 Å². The van der Waals surface area contributed by atoms with E-state index in [0.29, 0.717) is 19.0 Å². The number of benzene rings is 1. The zero-order valence-electron chi connectivity index (χ0n) is 16.9. The average molecular weight is 430 g/mol. The van der Waals surface area contributed by atoms with E-state index in [2.05, 4.69) is 40.5 Å². The number of carbonyl (C=O) groups excluding carboxylic acids is 1. The number of piperidine rings is 1. The first-order chi connectivity index (χ1) is 12.7. The maximum Gasteiger partial charge on any atom is 0.220 e. The standard InChI is InChI=1S/C22H35N3O.2ClH/c23-18-22(12-5-2-6-13-22)17-21(26)24-20-10-15-25(16-11-20)14-9-19-7-3-1-4-8-19;;/h1,3-4,7-8,20H,2,5-6,9-18,23H2,(H,24,26);2*1H. The molecule has 1 saturated heterocycles. The summed E-state index contributed by atoms with van der Waals surface area (Å²) in [6, 6.07) is 11.0. The van der Waals surface area contributed by atoms with Gasteiger partial charge in [-0.25, -0.2) is 0 Å². The first-order valence-corrected chi connectivity index (χ1v) is 10.4. The molecule has 1 aromatic rings. The number of hydrogen-bond donors (Lipinski definition) is 2. The van der Waals surface area contributed by atoms with E-state index in [-0.39, 0.29) is 36.1 Å². The van der Waals surface area contributed by atoms with Gasteiger partial charge in [0.2, 0.25) is 5.91 Å². The van der Waals surface area contributed by atoms with E-state index in [1.54, 1.807) is 0 Å². The predicted molar refractivity (Wildman–Crippen MR) is 121 cm³/mol. The summed E-state index contributed by atoms with van der Waals surface area (Å²) in [6.07, 6.45) is 9.85. The van der Waals surface area contributed by atoms with Gasteiger partial charge in [-0.2, -0.15) is 0 Å². The lowest BCUT2D eigenvalue weighted by Gasteiger charge is -2.37. The summed E-state index contributed by atoms with van der Waals surface area (Å²) in [5.41, 5.74) is 7.51. The minimum absolute atomic E-state index is 0. The van der Waals surface area contributed by atoms with Gasteiger partial charge in [0.25, 0.3) is 0 Å². The van der Waals surface area contributed by atoms with Gasteiger partial charge in [0.1, 0.15) is 0 Å². The van der Waals surface area contributed by atoms with Crippen LogP contribution in [0, 0.1) is 5.41 Å². The Labute approximate surface area is 182 Å². The van der Waals surface area contributed by atoms with E-state index in [1.807, 2.05) is 0 Å². The summed E-state index contributed by atoms with van der Waals surface area (Å²) in [5, 5.41) is 3.30. The first kappa shape index (κ1) is 25.2. The summed E-state index contributed by atoms with van der Waals surface area (Å²) < 4.78 is 0. The predicted octanol–water partition coefficient (Wildman–Crippen LogP) is 3.95. The highest BCUT2D eigenvalue weighted by molar-refractivity contribution is 5.85. The van der Waals surface area contributed by atoms with E-state index < -0.39 is 0 Å². The van der Waals surface area contributed by atoms with Crippen molar-refractivity contribution in [2.24, 2.45) is 11.1 Å². The van der Waals surface area contributed by atoms with Crippen molar-refractivity contribution in [3.8, 4) is 0 Å².